The Morgan fingerprint density at radius 1 is 1.15 bits per heavy atom. The quantitative estimate of drug-likeness (QED) is 0.649. The van der Waals surface area contributed by atoms with E-state index in [0.717, 1.165) is 19.5 Å². The van der Waals surface area contributed by atoms with Gasteiger partial charge in [0, 0.05) is 31.9 Å². The lowest BCUT2D eigenvalue weighted by atomic mass is 10.2. The molecule has 0 unspecified atom stereocenters. The van der Waals surface area contributed by atoms with Crippen molar-refractivity contribution in [1.82, 2.24) is 9.80 Å². The highest BCUT2D eigenvalue weighted by Gasteiger charge is 2.13. The first kappa shape index (κ1) is 12.5. The van der Waals surface area contributed by atoms with Crippen LogP contribution in [0.4, 0.5) is 0 Å². The Balaban J connectivity index is 0.000000671. The summed E-state index contributed by atoms with van der Waals surface area (Å²) in [5.41, 5.74) is 1.29. The molecule has 0 amide bonds. The minimum absolute atomic E-state index is 1.09. The van der Waals surface area contributed by atoms with E-state index in [1.54, 1.807) is 0 Å². The second kappa shape index (κ2) is 6.96. The van der Waals surface area contributed by atoms with Crippen LogP contribution >= 0.6 is 0 Å². The summed E-state index contributed by atoms with van der Waals surface area (Å²) >= 11 is 0. The van der Waals surface area contributed by atoms with Gasteiger partial charge in [0.1, 0.15) is 0 Å². The van der Waals surface area contributed by atoms with Crippen LogP contribution in [0.15, 0.2) is 12.3 Å². The van der Waals surface area contributed by atoms with Crippen molar-refractivity contribution in [2.45, 2.75) is 27.2 Å². The summed E-state index contributed by atoms with van der Waals surface area (Å²) in [6, 6.07) is 0. The highest BCUT2D eigenvalue weighted by Crippen LogP contribution is 2.08. The van der Waals surface area contributed by atoms with E-state index in [9.17, 15) is 0 Å². The number of nitrogens with zero attached hydrogens (tertiary/aromatic N) is 2. The molecule has 1 aliphatic rings. The summed E-state index contributed by atoms with van der Waals surface area (Å²) in [6.07, 6.45) is 1.09. The van der Waals surface area contributed by atoms with Crippen molar-refractivity contribution in [1.29, 1.82) is 0 Å². The minimum Gasteiger partial charge on any atom is -0.373 e. The van der Waals surface area contributed by atoms with Crippen molar-refractivity contribution in [2.24, 2.45) is 0 Å². The smallest absolute Gasteiger partial charge is 0.0303 e. The summed E-state index contributed by atoms with van der Waals surface area (Å²) in [6.45, 7) is 14.9. The molecule has 2 nitrogen and oxygen atoms in total. The lowest BCUT2D eigenvalue weighted by Gasteiger charge is -2.34. The normalized spacial score (nSPS) is 17.7. The van der Waals surface area contributed by atoms with Gasteiger partial charge < -0.3 is 9.80 Å². The highest BCUT2D eigenvalue weighted by atomic mass is 15.2. The zero-order chi connectivity index (χ0) is 10.3. The number of allylic oxidation sites excluding steroid dienone is 1. The van der Waals surface area contributed by atoms with Gasteiger partial charge in [0.25, 0.3) is 0 Å². The maximum Gasteiger partial charge on any atom is 0.0303 e. The van der Waals surface area contributed by atoms with E-state index in [1.165, 1.54) is 18.8 Å². The SMILES string of the molecule is C=C(CC)N1CCN(C)CC1.CC. The van der Waals surface area contributed by atoms with Gasteiger partial charge in [-0.15, -0.1) is 0 Å². The molecule has 0 saturated carbocycles. The van der Waals surface area contributed by atoms with Crippen molar-refractivity contribution in [3.05, 3.63) is 12.3 Å². The number of piperazine rings is 1. The first-order valence-corrected chi connectivity index (χ1v) is 5.35. The largest absolute Gasteiger partial charge is 0.373 e. The third-order valence-electron chi connectivity index (χ3n) is 2.36. The summed E-state index contributed by atoms with van der Waals surface area (Å²) < 4.78 is 0. The Bertz CT molecular complexity index is 135. The minimum atomic E-state index is 1.09. The first-order valence-electron chi connectivity index (χ1n) is 5.35. The standard InChI is InChI=1S/C9H18N2.C2H6/c1-4-9(2)11-7-5-10(3)6-8-11;1-2/h2,4-8H2,1,3H3;1-2H3. The lowest BCUT2D eigenvalue weighted by molar-refractivity contribution is 0.184. The van der Waals surface area contributed by atoms with Crippen LogP contribution in [0.25, 0.3) is 0 Å². The fraction of sp³-hybridized carbons (Fsp3) is 0.818. The van der Waals surface area contributed by atoms with Crippen LogP contribution in [-0.4, -0.2) is 43.0 Å². The van der Waals surface area contributed by atoms with Gasteiger partial charge in [0.2, 0.25) is 0 Å². The van der Waals surface area contributed by atoms with Crippen molar-refractivity contribution in [3.63, 3.8) is 0 Å². The molecule has 13 heavy (non-hydrogen) atoms. The molecule has 1 rings (SSSR count). The summed E-state index contributed by atoms with van der Waals surface area (Å²) in [5.74, 6) is 0. The molecule has 0 atom stereocenters. The van der Waals surface area contributed by atoms with E-state index in [-0.39, 0.29) is 0 Å². The number of hydrogen-bond donors (Lipinski definition) is 0. The maximum atomic E-state index is 4.03. The molecule has 0 aromatic rings. The molecule has 1 fully saturated rings. The van der Waals surface area contributed by atoms with E-state index >= 15 is 0 Å². The molecule has 0 radical (unpaired) electrons. The average molecular weight is 184 g/mol. The fourth-order valence-electron chi connectivity index (χ4n) is 1.35. The van der Waals surface area contributed by atoms with Crippen LogP contribution in [0, 0.1) is 0 Å². The van der Waals surface area contributed by atoms with E-state index in [0.29, 0.717) is 0 Å². The molecular weight excluding hydrogens is 160 g/mol. The summed E-state index contributed by atoms with van der Waals surface area (Å²) in [7, 11) is 2.17. The van der Waals surface area contributed by atoms with Gasteiger partial charge in [-0.05, 0) is 13.5 Å². The molecule has 1 saturated heterocycles. The zero-order valence-electron chi connectivity index (χ0n) is 9.64. The van der Waals surface area contributed by atoms with Gasteiger partial charge in [0.15, 0.2) is 0 Å². The summed E-state index contributed by atoms with van der Waals surface area (Å²) in [4.78, 5) is 4.75. The Labute approximate surface area is 83.2 Å². The van der Waals surface area contributed by atoms with E-state index in [1.807, 2.05) is 13.8 Å². The molecular formula is C11H24N2. The highest BCUT2D eigenvalue weighted by molar-refractivity contribution is 4.94. The molecule has 0 bridgehead atoms. The van der Waals surface area contributed by atoms with Crippen LogP contribution in [0.5, 0.6) is 0 Å². The average Bonchev–Trinajstić information content (AvgIpc) is 2.21. The number of hydrogen-bond acceptors (Lipinski definition) is 2. The van der Waals surface area contributed by atoms with Crippen LogP contribution < -0.4 is 0 Å². The van der Waals surface area contributed by atoms with Crippen LogP contribution in [0.3, 0.4) is 0 Å². The molecule has 0 aliphatic carbocycles. The van der Waals surface area contributed by atoms with Crippen molar-refractivity contribution in [3.8, 4) is 0 Å². The van der Waals surface area contributed by atoms with Gasteiger partial charge in [-0.1, -0.05) is 27.4 Å². The first-order chi connectivity index (χ1) is 6.24. The number of rotatable bonds is 2. The Morgan fingerprint density at radius 3 is 2.00 bits per heavy atom. The Kier molecular flexibility index (Phi) is 6.69. The molecule has 78 valence electrons. The van der Waals surface area contributed by atoms with Crippen LogP contribution in [0.1, 0.15) is 27.2 Å². The van der Waals surface area contributed by atoms with Crippen molar-refractivity contribution >= 4 is 0 Å². The molecule has 2 heteroatoms. The van der Waals surface area contributed by atoms with Crippen molar-refractivity contribution in [2.75, 3.05) is 33.2 Å². The number of likely N-dealkylation sites (N-methyl/N-ethyl adjacent to an activating group) is 1. The van der Waals surface area contributed by atoms with Gasteiger partial charge in [-0.2, -0.15) is 0 Å². The Hall–Kier alpha value is -0.500. The third kappa shape index (κ3) is 4.32. The maximum absolute atomic E-state index is 4.03. The monoisotopic (exact) mass is 184 g/mol. The zero-order valence-corrected chi connectivity index (χ0v) is 9.64. The second-order valence-electron chi connectivity index (χ2n) is 3.21. The van der Waals surface area contributed by atoms with Crippen LogP contribution in [0.2, 0.25) is 0 Å². The summed E-state index contributed by atoms with van der Waals surface area (Å²) in [5, 5.41) is 0. The predicted octanol–water partition coefficient (Wildman–Crippen LogP) is 2.18. The van der Waals surface area contributed by atoms with Crippen LogP contribution in [-0.2, 0) is 0 Å². The van der Waals surface area contributed by atoms with Gasteiger partial charge in [-0.3, -0.25) is 0 Å². The Morgan fingerprint density at radius 2 is 1.62 bits per heavy atom. The fourth-order valence-corrected chi connectivity index (χ4v) is 1.35. The van der Waals surface area contributed by atoms with Gasteiger partial charge >= 0.3 is 0 Å². The predicted molar refractivity (Wildman–Crippen MR) is 59.8 cm³/mol. The van der Waals surface area contributed by atoms with E-state index in [4.69, 9.17) is 0 Å². The molecule has 1 heterocycles. The van der Waals surface area contributed by atoms with Gasteiger partial charge in [0.05, 0.1) is 0 Å². The third-order valence-corrected chi connectivity index (χ3v) is 2.36. The molecule has 0 aromatic heterocycles. The topological polar surface area (TPSA) is 6.48 Å². The second-order valence-corrected chi connectivity index (χ2v) is 3.21. The van der Waals surface area contributed by atoms with E-state index < -0.39 is 0 Å². The van der Waals surface area contributed by atoms with E-state index in [2.05, 4.69) is 30.4 Å². The lowest BCUT2D eigenvalue weighted by Crippen LogP contribution is -2.43. The molecule has 1 aliphatic heterocycles. The van der Waals surface area contributed by atoms with Gasteiger partial charge in [-0.25, -0.2) is 0 Å². The molecule has 0 spiro atoms. The molecule has 0 aromatic carbocycles. The van der Waals surface area contributed by atoms with Crippen molar-refractivity contribution < 1.29 is 0 Å². The molecule has 0 N–H and O–H groups in total.